The maximum Gasteiger partial charge on any atom is 0.340 e. The number of carbonyl (C=O) groups is 1. The molecule has 0 atom stereocenters. The van der Waals surface area contributed by atoms with E-state index in [1.165, 1.54) is 26.4 Å². The lowest BCUT2D eigenvalue weighted by atomic mass is 9.98. The third-order valence-corrected chi connectivity index (χ3v) is 3.49. The minimum Gasteiger partial charge on any atom is -0.496 e. The number of methoxy groups -OCH3 is 2. The van der Waals surface area contributed by atoms with Crippen LogP contribution in [0.3, 0.4) is 0 Å². The predicted molar refractivity (Wildman–Crippen MR) is 81.4 cm³/mol. The monoisotopic (exact) mass is 321 g/mol. The van der Waals surface area contributed by atoms with Gasteiger partial charge in [0.05, 0.1) is 24.7 Å². The molecule has 2 rings (SSSR count). The van der Waals surface area contributed by atoms with Gasteiger partial charge in [-0.1, -0.05) is 29.8 Å². The van der Waals surface area contributed by atoms with Gasteiger partial charge in [-0.2, -0.15) is 0 Å². The molecule has 0 saturated carbocycles. The standard InChI is InChI=1S/C15H12ClNO5/c1-21-12-6-4-3-5-9(12)10-7-8-11(17(19)20)14(16)13(10)15(18)22-2/h3-8H,1-2H3. The SMILES string of the molecule is COC(=O)c1c(-c2ccccc2OC)ccc([N+](=O)[O-])c1Cl. The van der Waals surface area contributed by atoms with Crippen LogP contribution in [0.15, 0.2) is 36.4 Å². The van der Waals surface area contributed by atoms with E-state index in [9.17, 15) is 14.9 Å². The van der Waals surface area contributed by atoms with E-state index in [-0.39, 0.29) is 16.3 Å². The maximum atomic E-state index is 12.0. The average molecular weight is 322 g/mol. The number of benzene rings is 2. The lowest BCUT2D eigenvalue weighted by Gasteiger charge is -2.13. The van der Waals surface area contributed by atoms with E-state index < -0.39 is 10.9 Å². The summed E-state index contributed by atoms with van der Waals surface area (Å²) in [7, 11) is 2.67. The van der Waals surface area contributed by atoms with Gasteiger partial charge in [-0.05, 0) is 12.1 Å². The van der Waals surface area contributed by atoms with E-state index in [0.29, 0.717) is 16.9 Å². The molecule has 2 aromatic rings. The molecular formula is C15H12ClNO5. The van der Waals surface area contributed by atoms with Crippen molar-refractivity contribution in [1.29, 1.82) is 0 Å². The Balaban J connectivity index is 2.79. The minimum absolute atomic E-state index is 0.0668. The van der Waals surface area contributed by atoms with Crippen LogP contribution in [0.5, 0.6) is 5.75 Å². The highest BCUT2D eigenvalue weighted by atomic mass is 35.5. The Morgan fingerprint density at radius 1 is 1.14 bits per heavy atom. The highest BCUT2D eigenvalue weighted by molar-refractivity contribution is 6.36. The third kappa shape index (κ3) is 2.73. The first-order valence-corrected chi connectivity index (χ1v) is 6.57. The molecule has 0 aliphatic carbocycles. The van der Waals surface area contributed by atoms with Gasteiger partial charge >= 0.3 is 5.97 Å². The molecule has 6 nitrogen and oxygen atoms in total. The molecule has 0 aliphatic heterocycles. The number of halogens is 1. The number of nitro groups is 1. The number of hydrogen-bond acceptors (Lipinski definition) is 5. The molecule has 114 valence electrons. The van der Waals surface area contributed by atoms with Crippen LogP contribution in [0.1, 0.15) is 10.4 Å². The quantitative estimate of drug-likeness (QED) is 0.487. The van der Waals surface area contributed by atoms with Crippen molar-refractivity contribution in [2.75, 3.05) is 14.2 Å². The second-order valence-electron chi connectivity index (χ2n) is 4.27. The van der Waals surface area contributed by atoms with Gasteiger partial charge in [0.1, 0.15) is 10.8 Å². The van der Waals surface area contributed by atoms with Crippen molar-refractivity contribution >= 4 is 23.3 Å². The topological polar surface area (TPSA) is 78.7 Å². The summed E-state index contributed by atoms with van der Waals surface area (Å²) in [6.45, 7) is 0. The van der Waals surface area contributed by atoms with E-state index >= 15 is 0 Å². The summed E-state index contributed by atoms with van der Waals surface area (Å²) in [5.41, 5.74) is 0.561. The van der Waals surface area contributed by atoms with Gasteiger partial charge in [0.15, 0.2) is 0 Å². The van der Waals surface area contributed by atoms with Crippen LogP contribution in [-0.2, 0) is 4.74 Å². The summed E-state index contributed by atoms with van der Waals surface area (Å²) in [6.07, 6.45) is 0. The van der Waals surface area contributed by atoms with E-state index in [4.69, 9.17) is 21.1 Å². The Hall–Kier alpha value is -2.60. The van der Waals surface area contributed by atoms with Crippen molar-refractivity contribution in [2.45, 2.75) is 0 Å². The normalized spacial score (nSPS) is 10.1. The molecule has 22 heavy (non-hydrogen) atoms. The maximum absolute atomic E-state index is 12.0. The first-order valence-electron chi connectivity index (χ1n) is 6.19. The number of nitrogens with zero attached hydrogens (tertiary/aromatic N) is 1. The summed E-state index contributed by atoms with van der Waals surface area (Å²) in [6, 6.07) is 9.67. The summed E-state index contributed by atoms with van der Waals surface area (Å²) in [4.78, 5) is 22.4. The summed E-state index contributed by atoms with van der Waals surface area (Å²) in [5, 5.41) is 10.7. The van der Waals surface area contributed by atoms with Crippen molar-refractivity contribution < 1.29 is 19.2 Å². The van der Waals surface area contributed by atoms with E-state index in [0.717, 1.165) is 0 Å². The van der Waals surface area contributed by atoms with Crippen molar-refractivity contribution in [3.05, 3.63) is 57.1 Å². The molecule has 0 bridgehead atoms. The van der Waals surface area contributed by atoms with Gasteiger partial charge in [-0.3, -0.25) is 10.1 Å². The first-order chi connectivity index (χ1) is 10.5. The second kappa shape index (κ2) is 6.44. The molecule has 0 spiro atoms. The van der Waals surface area contributed by atoms with Crippen LogP contribution in [0.4, 0.5) is 5.69 Å². The van der Waals surface area contributed by atoms with Crippen LogP contribution in [-0.4, -0.2) is 25.1 Å². The fourth-order valence-electron chi connectivity index (χ4n) is 2.10. The highest BCUT2D eigenvalue weighted by Gasteiger charge is 2.26. The Morgan fingerprint density at radius 2 is 1.82 bits per heavy atom. The van der Waals surface area contributed by atoms with Crippen LogP contribution in [0.2, 0.25) is 5.02 Å². The molecule has 0 heterocycles. The van der Waals surface area contributed by atoms with Gasteiger partial charge in [0, 0.05) is 17.2 Å². The summed E-state index contributed by atoms with van der Waals surface area (Å²) in [5.74, 6) is -0.243. The van der Waals surface area contributed by atoms with E-state index in [1.807, 2.05) is 0 Å². The van der Waals surface area contributed by atoms with Crippen LogP contribution in [0, 0.1) is 10.1 Å². The molecule has 0 radical (unpaired) electrons. The van der Waals surface area contributed by atoms with Crippen molar-refractivity contribution in [3.63, 3.8) is 0 Å². The fourth-order valence-corrected chi connectivity index (χ4v) is 2.41. The van der Waals surface area contributed by atoms with Crippen LogP contribution in [0.25, 0.3) is 11.1 Å². The number of carbonyl (C=O) groups excluding carboxylic acids is 1. The molecule has 0 N–H and O–H groups in total. The van der Waals surface area contributed by atoms with Crippen molar-refractivity contribution in [3.8, 4) is 16.9 Å². The number of nitro benzene ring substituents is 1. The zero-order valence-electron chi connectivity index (χ0n) is 11.8. The molecule has 0 aromatic heterocycles. The number of ether oxygens (including phenoxy) is 2. The second-order valence-corrected chi connectivity index (χ2v) is 4.65. The highest BCUT2D eigenvalue weighted by Crippen LogP contribution is 2.39. The van der Waals surface area contributed by atoms with Crippen molar-refractivity contribution in [2.24, 2.45) is 0 Å². The average Bonchev–Trinajstić information content (AvgIpc) is 2.53. The smallest absolute Gasteiger partial charge is 0.340 e. The number of esters is 1. The molecule has 2 aromatic carbocycles. The van der Waals surface area contributed by atoms with Gasteiger partial charge in [-0.15, -0.1) is 0 Å². The number of rotatable bonds is 4. The first kappa shape index (κ1) is 15.8. The zero-order chi connectivity index (χ0) is 16.3. The third-order valence-electron chi connectivity index (χ3n) is 3.10. The summed E-state index contributed by atoms with van der Waals surface area (Å²) >= 11 is 6.04. The Morgan fingerprint density at radius 3 is 2.41 bits per heavy atom. The fraction of sp³-hybridized carbons (Fsp3) is 0.133. The molecule has 0 amide bonds. The Kier molecular flexibility index (Phi) is 4.62. The molecule has 0 aliphatic rings. The van der Waals surface area contributed by atoms with Gasteiger partial charge in [-0.25, -0.2) is 4.79 Å². The van der Waals surface area contributed by atoms with Crippen molar-refractivity contribution in [1.82, 2.24) is 0 Å². The number of hydrogen-bond donors (Lipinski definition) is 0. The minimum atomic E-state index is -0.755. The summed E-state index contributed by atoms with van der Waals surface area (Å²) < 4.78 is 9.96. The van der Waals surface area contributed by atoms with E-state index in [2.05, 4.69) is 0 Å². The van der Waals surface area contributed by atoms with Gasteiger partial charge in [0.25, 0.3) is 5.69 Å². The van der Waals surface area contributed by atoms with Crippen LogP contribution >= 0.6 is 11.6 Å². The van der Waals surface area contributed by atoms with Crippen LogP contribution < -0.4 is 4.74 Å². The molecule has 0 saturated heterocycles. The van der Waals surface area contributed by atoms with E-state index in [1.54, 1.807) is 24.3 Å². The largest absolute Gasteiger partial charge is 0.496 e. The molecule has 0 fully saturated rings. The lowest BCUT2D eigenvalue weighted by Crippen LogP contribution is -2.07. The number of para-hydroxylation sites is 1. The molecule has 7 heteroatoms. The Bertz CT molecular complexity index is 745. The Labute approximate surface area is 131 Å². The molecular weight excluding hydrogens is 310 g/mol. The zero-order valence-corrected chi connectivity index (χ0v) is 12.6. The van der Waals surface area contributed by atoms with Gasteiger partial charge < -0.3 is 9.47 Å². The van der Waals surface area contributed by atoms with Gasteiger partial charge in [0.2, 0.25) is 0 Å². The predicted octanol–water partition coefficient (Wildman–Crippen LogP) is 3.71. The lowest BCUT2D eigenvalue weighted by molar-refractivity contribution is -0.384. The molecule has 0 unspecified atom stereocenters.